The summed E-state index contributed by atoms with van der Waals surface area (Å²) >= 11 is 0. The van der Waals surface area contributed by atoms with Gasteiger partial charge in [0, 0.05) is 38.9 Å². The van der Waals surface area contributed by atoms with Gasteiger partial charge in [0.05, 0.1) is 11.4 Å². The molecule has 0 saturated carbocycles. The zero-order valence-corrected chi connectivity index (χ0v) is 26.5. The molecule has 0 unspecified atom stereocenters. The highest BCUT2D eigenvalue weighted by molar-refractivity contribution is 6.14. The molecule has 10 rings (SSSR count). The largest absolute Gasteiger partial charge is 0.456 e. The minimum atomic E-state index is 0.840. The molecule has 0 fully saturated rings. The molecule has 2 aromatic heterocycles. The fraction of sp³-hybridized carbons (Fsp3) is 0. The second kappa shape index (κ2) is 11.0. The SMILES string of the molecule is c1ccc(-c2ccc3cc(N(c4ccc5c(c4)oc4ccccc45)c4c(-c5ccccc5)ccc5c4oc4ccccc45)ccc3c2)cc1. The zero-order chi connectivity index (χ0) is 32.3. The molecule has 49 heavy (non-hydrogen) atoms. The maximum Gasteiger partial charge on any atom is 0.160 e. The highest BCUT2D eigenvalue weighted by Crippen LogP contribution is 2.48. The van der Waals surface area contributed by atoms with E-state index in [0.29, 0.717) is 0 Å². The first-order chi connectivity index (χ1) is 24.3. The molecule has 3 heteroatoms. The lowest BCUT2D eigenvalue weighted by molar-refractivity contribution is 0.667. The number of anilines is 3. The molecule has 0 aliphatic heterocycles. The van der Waals surface area contributed by atoms with E-state index >= 15 is 0 Å². The molecular weight excluding hydrogens is 599 g/mol. The number of para-hydroxylation sites is 2. The second-order valence-corrected chi connectivity index (χ2v) is 12.5. The minimum Gasteiger partial charge on any atom is -0.456 e. The summed E-state index contributed by atoms with van der Waals surface area (Å²) in [6.45, 7) is 0. The van der Waals surface area contributed by atoms with Gasteiger partial charge in [-0.3, -0.25) is 0 Å². The summed E-state index contributed by atoms with van der Waals surface area (Å²) in [6, 6.07) is 62.0. The van der Waals surface area contributed by atoms with Crippen LogP contribution < -0.4 is 4.90 Å². The van der Waals surface area contributed by atoms with E-state index in [-0.39, 0.29) is 0 Å². The van der Waals surface area contributed by atoms with Gasteiger partial charge in [-0.2, -0.15) is 0 Å². The predicted octanol–water partition coefficient (Wildman–Crippen LogP) is 13.4. The van der Waals surface area contributed by atoms with Crippen LogP contribution in [0.1, 0.15) is 0 Å². The van der Waals surface area contributed by atoms with Gasteiger partial charge in [-0.15, -0.1) is 0 Å². The Kier molecular flexibility index (Phi) is 6.18. The van der Waals surface area contributed by atoms with Crippen LogP contribution in [0.5, 0.6) is 0 Å². The molecule has 0 aliphatic rings. The van der Waals surface area contributed by atoms with E-state index in [2.05, 4.69) is 157 Å². The number of hydrogen-bond donors (Lipinski definition) is 0. The number of rotatable bonds is 5. The third kappa shape index (κ3) is 4.51. The van der Waals surface area contributed by atoms with Crippen molar-refractivity contribution in [2.24, 2.45) is 0 Å². The van der Waals surface area contributed by atoms with Crippen molar-refractivity contribution in [3.8, 4) is 22.3 Å². The van der Waals surface area contributed by atoms with Crippen LogP contribution in [0.25, 0.3) is 76.9 Å². The molecule has 0 radical (unpaired) electrons. The molecule has 10 aromatic rings. The van der Waals surface area contributed by atoms with Crippen LogP contribution in [0.15, 0.2) is 185 Å². The summed E-state index contributed by atoms with van der Waals surface area (Å²) in [5.74, 6) is 0. The lowest BCUT2D eigenvalue weighted by Gasteiger charge is -2.28. The number of nitrogens with zero attached hydrogens (tertiary/aromatic N) is 1. The van der Waals surface area contributed by atoms with E-state index < -0.39 is 0 Å². The van der Waals surface area contributed by atoms with Crippen LogP contribution in [0, 0.1) is 0 Å². The van der Waals surface area contributed by atoms with Gasteiger partial charge in [-0.05, 0) is 76.0 Å². The molecule has 0 saturated heterocycles. The smallest absolute Gasteiger partial charge is 0.160 e. The van der Waals surface area contributed by atoms with Gasteiger partial charge >= 0.3 is 0 Å². The third-order valence-electron chi connectivity index (χ3n) is 9.64. The predicted molar refractivity (Wildman–Crippen MR) is 204 cm³/mol. The van der Waals surface area contributed by atoms with Crippen molar-refractivity contribution in [3.05, 3.63) is 176 Å². The minimum absolute atomic E-state index is 0.840. The fourth-order valence-electron chi connectivity index (χ4n) is 7.29. The van der Waals surface area contributed by atoms with Crippen LogP contribution in [0.4, 0.5) is 17.1 Å². The molecule has 2 heterocycles. The van der Waals surface area contributed by atoms with Gasteiger partial charge in [0.25, 0.3) is 0 Å². The van der Waals surface area contributed by atoms with E-state index in [0.717, 1.165) is 77.5 Å². The average molecular weight is 628 g/mol. The maximum absolute atomic E-state index is 6.79. The van der Waals surface area contributed by atoms with Crippen molar-refractivity contribution >= 4 is 71.7 Å². The van der Waals surface area contributed by atoms with E-state index in [1.54, 1.807) is 0 Å². The van der Waals surface area contributed by atoms with Gasteiger partial charge in [0.1, 0.15) is 16.7 Å². The van der Waals surface area contributed by atoms with Crippen LogP contribution >= 0.6 is 0 Å². The Morgan fingerprint density at radius 3 is 1.71 bits per heavy atom. The van der Waals surface area contributed by atoms with Gasteiger partial charge in [-0.25, -0.2) is 0 Å². The van der Waals surface area contributed by atoms with Crippen LogP contribution in [0.2, 0.25) is 0 Å². The first kappa shape index (κ1) is 27.5. The van der Waals surface area contributed by atoms with E-state index in [1.807, 2.05) is 24.3 Å². The quantitative estimate of drug-likeness (QED) is 0.190. The molecule has 8 aromatic carbocycles. The Hall–Kier alpha value is -6.58. The van der Waals surface area contributed by atoms with Crippen LogP contribution in [-0.2, 0) is 0 Å². The molecular formula is C46H29NO2. The van der Waals surface area contributed by atoms with E-state index in [4.69, 9.17) is 8.83 Å². The summed E-state index contributed by atoms with van der Waals surface area (Å²) in [6.07, 6.45) is 0. The van der Waals surface area contributed by atoms with Crippen molar-refractivity contribution in [1.29, 1.82) is 0 Å². The summed E-state index contributed by atoms with van der Waals surface area (Å²) in [7, 11) is 0. The fourth-order valence-corrected chi connectivity index (χ4v) is 7.29. The van der Waals surface area contributed by atoms with Gasteiger partial charge in [0.2, 0.25) is 0 Å². The standard InChI is InChI=1S/C46H29NO2/c1-3-11-30(12-4-1)32-19-20-34-28-35(22-21-33(34)27-32)47(36-23-24-40-38-15-7-9-17-42(38)48-44(40)29-36)45-37(31-13-5-2-6-14-31)25-26-41-39-16-8-10-18-43(39)49-46(41)45/h1-29H. The van der Waals surface area contributed by atoms with Crippen LogP contribution in [0.3, 0.4) is 0 Å². The number of hydrogen-bond acceptors (Lipinski definition) is 3. The number of furan rings is 2. The topological polar surface area (TPSA) is 29.5 Å². The Balaban J connectivity index is 1.26. The number of fused-ring (bicyclic) bond motifs is 7. The monoisotopic (exact) mass is 627 g/mol. The third-order valence-corrected chi connectivity index (χ3v) is 9.64. The zero-order valence-electron chi connectivity index (χ0n) is 26.5. The highest BCUT2D eigenvalue weighted by atomic mass is 16.3. The van der Waals surface area contributed by atoms with E-state index in [1.165, 1.54) is 16.5 Å². The van der Waals surface area contributed by atoms with Gasteiger partial charge in [-0.1, -0.05) is 121 Å². The molecule has 0 atom stereocenters. The molecule has 230 valence electrons. The molecule has 0 N–H and O–H groups in total. The Bertz CT molecular complexity index is 2830. The Labute approximate surface area is 282 Å². The normalized spacial score (nSPS) is 11.7. The first-order valence-electron chi connectivity index (χ1n) is 16.6. The lowest BCUT2D eigenvalue weighted by atomic mass is 9.98. The highest BCUT2D eigenvalue weighted by Gasteiger charge is 2.25. The Morgan fingerprint density at radius 1 is 0.347 bits per heavy atom. The summed E-state index contributed by atoms with van der Waals surface area (Å²) in [5, 5.41) is 6.72. The summed E-state index contributed by atoms with van der Waals surface area (Å²) < 4.78 is 13.2. The van der Waals surface area contributed by atoms with E-state index in [9.17, 15) is 0 Å². The molecule has 0 aliphatic carbocycles. The molecule has 3 nitrogen and oxygen atoms in total. The summed E-state index contributed by atoms with van der Waals surface area (Å²) in [5.41, 5.74) is 11.0. The van der Waals surface area contributed by atoms with Crippen molar-refractivity contribution in [2.45, 2.75) is 0 Å². The maximum atomic E-state index is 6.79. The van der Waals surface area contributed by atoms with Crippen molar-refractivity contribution < 1.29 is 8.83 Å². The number of benzene rings is 8. The second-order valence-electron chi connectivity index (χ2n) is 12.5. The average Bonchev–Trinajstić information content (AvgIpc) is 3.74. The van der Waals surface area contributed by atoms with Crippen molar-refractivity contribution in [2.75, 3.05) is 4.90 Å². The van der Waals surface area contributed by atoms with Crippen LogP contribution in [-0.4, -0.2) is 0 Å². The van der Waals surface area contributed by atoms with Crippen molar-refractivity contribution in [1.82, 2.24) is 0 Å². The molecule has 0 bridgehead atoms. The summed E-state index contributed by atoms with van der Waals surface area (Å²) in [4.78, 5) is 2.34. The first-order valence-corrected chi connectivity index (χ1v) is 16.6. The lowest BCUT2D eigenvalue weighted by Crippen LogP contribution is -2.11. The molecule has 0 amide bonds. The molecule has 0 spiro atoms. The van der Waals surface area contributed by atoms with Gasteiger partial charge < -0.3 is 13.7 Å². The Morgan fingerprint density at radius 2 is 0.918 bits per heavy atom. The van der Waals surface area contributed by atoms with Crippen molar-refractivity contribution in [3.63, 3.8) is 0 Å². The van der Waals surface area contributed by atoms with Gasteiger partial charge in [0.15, 0.2) is 5.58 Å².